The van der Waals surface area contributed by atoms with E-state index in [0.717, 1.165) is 29.2 Å². The maximum absolute atomic E-state index is 13.1. The van der Waals surface area contributed by atoms with Gasteiger partial charge in [0.1, 0.15) is 5.56 Å². The van der Waals surface area contributed by atoms with Gasteiger partial charge in [0.2, 0.25) is 0 Å². The minimum Gasteiger partial charge on any atom is -0.348 e. The van der Waals surface area contributed by atoms with Crippen molar-refractivity contribution in [2.24, 2.45) is 0 Å². The van der Waals surface area contributed by atoms with Crippen molar-refractivity contribution >= 4 is 15.7 Å². The first-order valence-electron chi connectivity index (χ1n) is 9.94. The molecule has 0 atom stereocenters. The monoisotopic (exact) mass is 495 g/mol. The van der Waals surface area contributed by atoms with E-state index in [1.807, 2.05) is 0 Å². The summed E-state index contributed by atoms with van der Waals surface area (Å²) in [5.74, 6) is -0.847. The number of nitrogens with one attached hydrogen (secondary N) is 1. The van der Waals surface area contributed by atoms with Gasteiger partial charge in [-0.15, -0.1) is 0 Å². The Kier molecular flexibility index (Phi) is 6.82. The van der Waals surface area contributed by atoms with Crippen LogP contribution in [0.25, 0.3) is 5.69 Å². The van der Waals surface area contributed by atoms with Gasteiger partial charge in [-0.2, -0.15) is 13.2 Å². The summed E-state index contributed by atoms with van der Waals surface area (Å²) in [7, 11) is -3.39. The third kappa shape index (κ3) is 5.28. The van der Waals surface area contributed by atoms with Gasteiger partial charge in [0, 0.05) is 25.5 Å². The molecule has 3 rings (SSSR count). The Morgan fingerprint density at radius 3 is 2.26 bits per heavy atom. The Bertz CT molecular complexity index is 1460. The van der Waals surface area contributed by atoms with Gasteiger partial charge < -0.3 is 5.32 Å². The fourth-order valence-corrected chi connectivity index (χ4v) is 3.80. The summed E-state index contributed by atoms with van der Waals surface area (Å²) in [4.78, 5) is 38.5. The van der Waals surface area contributed by atoms with Gasteiger partial charge in [-0.1, -0.05) is 18.2 Å². The van der Waals surface area contributed by atoms with E-state index in [1.54, 1.807) is 6.92 Å². The maximum atomic E-state index is 13.1. The summed E-state index contributed by atoms with van der Waals surface area (Å²) in [5.41, 5.74) is -3.22. The van der Waals surface area contributed by atoms with E-state index in [0.29, 0.717) is 16.2 Å². The zero-order valence-corrected chi connectivity index (χ0v) is 18.9. The van der Waals surface area contributed by atoms with Crippen LogP contribution in [0.1, 0.15) is 28.4 Å². The van der Waals surface area contributed by atoms with Crippen LogP contribution in [-0.4, -0.2) is 29.7 Å². The average molecular weight is 495 g/mol. The highest BCUT2D eigenvalue weighted by Crippen LogP contribution is 2.29. The Balaban J connectivity index is 1.97. The van der Waals surface area contributed by atoms with E-state index in [4.69, 9.17) is 0 Å². The Hall–Kier alpha value is -3.67. The molecule has 0 fully saturated rings. The number of carbonyl (C=O) groups is 1. The molecule has 180 valence electrons. The first-order valence-corrected chi connectivity index (χ1v) is 11.8. The van der Waals surface area contributed by atoms with Crippen LogP contribution in [0.3, 0.4) is 0 Å². The second-order valence-corrected chi connectivity index (χ2v) is 9.41. The van der Waals surface area contributed by atoms with Crippen molar-refractivity contribution in [2.75, 3.05) is 6.26 Å². The van der Waals surface area contributed by atoms with Crippen molar-refractivity contribution in [3.05, 3.63) is 92.3 Å². The van der Waals surface area contributed by atoms with E-state index in [1.165, 1.54) is 30.3 Å². The van der Waals surface area contributed by atoms with Crippen molar-refractivity contribution in [1.29, 1.82) is 0 Å². The van der Waals surface area contributed by atoms with Gasteiger partial charge in [-0.3, -0.25) is 14.2 Å². The molecule has 0 saturated carbocycles. The topological polar surface area (TPSA) is 107 Å². The van der Waals surface area contributed by atoms with Gasteiger partial charge in [-0.25, -0.2) is 17.8 Å². The smallest absolute Gasteiger partial charge is 0.348 e. The molecule has 12 heteroatoms. The first-order chi connectivity index (χ1) is 15.8. The zero-order valence-electron chi connectivity index (χ0n) is 18.1. The Morgan fingerprint density at radius 2 is 1.71 bits per heavy atom. The van der Waals surface area contributed by atoms with Crippen LogP contribution in [0.15, 0.2) is 69.2 Å². The molecule has 1 N–H and O–H groups in total. The summed E-state index contributed by atoms with van der Waals surface area (Å²) in [6.07, 6.45) is -2.58. The van der Waals surface area contributed by atoms with Crippen LogP contribution in [0, 0.1) is 0 Å². The summed E-state index contributed by atoms with van der Waals surface area (Å²) in [6.45, 7) is 1.58. The SMILES string of the molecule is CCn1cc(C(=O)NCc2ccc(S(C)(=O)=O)cc2)c(=O)n(-c2cccc(C(F)(F)F)c2)c1=O. The maximum Gasteiger partial charge on any atom is 0.416 e. The van der Waals surface area contributed by atoms with Crippen LogP contribution < -0.4 is 16.6 Å². The Labute approximate surface area is 192 Å². The number of benzene rings is 2. The van der Waals surface area contributed by atoms with Crippen molar-refractivity contribution in [1.82, 2.24) is 14.5 Å². The number of carbonyl (C=O) groups excluding carboxylic acids is 1. The van der Waals surface area contributed by atoms with Crippen LogP contribution in [0.4, 0.5) is 13.2 Å². The van der Waals surface area contributed by atoms with E-state index in [-0.39, 0.29) is 23.7 Å². The highest BCUT2D eigenvalue weighted by atomic mass is 32.2. The van der Waals surface area contributed by atoms with Crippen LogP contribution in [0.2, 0.25) is 0 Å². The number of hydrogen-bond donors (Lipinski definition) is 1. The Morgan fingerprint density at radius 1 is 1.06 bits per heavy atom. The van der Waals surface area contributed by atoms with Gasteiger partial charge in [0.05, 0.1) is 16.1 Å². The standard InChI is InChI=1S/C22H20F3N3O5S/c1-3-27-13-18(19(29)26-12-14-7-9-17(10-8-14)34(2,32)33)20(30)28(21(27)31)16-6-4-5-15(11-16)22(23,24)25/h4-11,13H,3,12H2,1-2H3,(H,26,29). The molecule has 1 aromatic heterocycles. The third-order valence-corrected chi connectivity index (χ3v) is 6.11. The molecule has 3 aromatic rings. The number of halogens is 3. The van der Waals surface area contributed by atoms with Crippen molar-refractivity contribution in [3.63, 3.8) is 0 Å². The molecule has 0 bridgehead atoms. The van der Waals surface area contributed by atoms with E-state index in [2.05, 4.69) is 5.32 Å². The van der Waals surface area contributed by atoms with Gasteiger partial charge >= 0.3 is 11.9 Å². The second kappa shape index (κ2) is 9.29. The second-order valence-electron chi connectivity index (χ2n) is 7.40. The molecule has 0 aliphatic rings. The molecule has 0 spiro atoms. The average Bonchev–Trinajstić information content (AvgIpc) is 2.77. The van der Waals surface area contributed by atoms with E-state index in [9.17, 15) is 36.0 Å². The third-order valence-electron chi connectivity index (χ3n) is 4.98. The summed E-state index contributed by atoms with van der Waals surface area (Å²) in [6, 6.07) is 9.42. The lowest BCUT2D eigenvalue weighted by atomic mass is 10.2. The number of aryl methyl sites for hydroxylation is 1. The molecular weight excluding hydrogens is 475 g/mol. The number of hydrogen-bond acceptors (Lipinski definition) is 5. The quantitative estimate of drug-likeness (QED) is 0.565. The number of amides is 1. The highest BCUT2D eigenvalue weighted by Gasteiger charge is 2.31. The normalized spacial score (nSPS) is 11.9. The minimum absolute atomic E-state index is 0.0584. The number of nitrogens with zero attached hydrogens (tertiary/aromatic N) is 2. The van der Waals surface area contributed by atoms with Crippen LogP contribution >= 0.6 is 0 Å². The van der Waals surface area contributed by atoms with Gasteiger partial charge in [0.25, 0.3) is 11.5 Å². The molecule has 0 aliphatic carbocycles. The van der Waals surface area contributed by atoms with E-state index >= 15 is 0 Å². The lowest BCUT2D eigenvalue weighted by Gasteiger charge is -2.14. The predicted molar refractivity (Wildman–Crippen MR) is 118 cm³/mol. The molecular formula is C22H20F3N3O5S. The van der Waals surface area contributed by atoms with Gasteiger partial charge in [0.15, 0.2) is 9.84 Å². The summed E-state index contributed by atoms with van der Waals surface area (Å²) >= 11 is 0. The zero-order chi connectivity index (χ0) is 25.3. The van der Waals surface area contributed by atoms with Crippen LogP contribution in [-0.2, 0) is 29.1 Å². The molecule has 8 nitrogen and oxygen atoms in total. The molecule has 2 aromatic carbocycles. The van der Waals surface area contributed by atoms with E-state index < -0.39 is 44.3 Å². The molecule has 0 aliphatic heterocycles. The van der Waals surface area contributed by atoms with Gasteiger partial charge in [-0.05, 0) is 42.8 Å². The van der Waals surface area contributed by atoms with Crippen molar-refractivity contribution in [3.8, 4) is 5.69 Å². The summed E-state index contributed by atoms with van der Waals surface area (Å²) in [5, 5.41) is 2.50. The number of sulfone groups is 1. The molecule has 0 saturated heterocycles. The van der Waals surface area contributed by atoms with Crippen LogP contribution in [0.5, 0.6) is 0 Å². The predicted octanol–water partition coefficient (Wildman–Crippen LogP) is 2.37. The first kappa shape index (κ1) is 25.0. The molecule has 1 amide bonds. The molecule has 0 radical (unpaired) electrons. The fourth-order valence-electron chi connectivity index (χ4n) is 3.17. The number of aromatic nitrogens is 2. The van der Waals surface area contributed by atoms with Crippen molar-refractivity contribution < 1.29 is 26.4 Å². The lowest BCUT2D eigenvalue weighted by Crippen LogP contribution is -2.43. The number of rotatable bonds is 6. The minimum atomic E-state index is -4.69. The molecule has 34 heavy (non-hydrogen) atoms. The molecule has 0 unspecified atom stereocenters. The van der Waals surface area contributed by atoms with Crippen molar-refractivity contribution in [2.45, 2.75) is 31.1 Å². The lowest BCUT2D eigenvalue weighted by molar-refractivity contribution is -0.137. The number of alkyl halides is 3. The highest BCUT2D eigenvalue weighted by molar-refractivity contribution is 7.90. The summed E-state index contributed by atoms with van der Waals surface area (Å²) < 4.78 is 64.0. The largest absolute Gasteiger partial charge is 0.416 e. The fraction of sp³-hybridized carbons (Fsp3) is 0.227. The molecule has 1 heterocycles.